The van der Waals surface area contributed by atoms with Crippen LogP contribution in [0.3, 0.4) is 0 Å². The molecule has 0 amide bonds. The lowest BCUT2D eigenvalue weighted by Crippen LogP contribution is -2.11. The molecule has 0 bridgehead atoms. The van der Waals surface area contributed by atoms with Crippen LogP contribution in [0.1, 0.15) is 35.6 Å². The van der Waals surface area contributed by atoms with Crippen molar-refractivity contribution < 1.29 is 23.5 Å². The van der Waals surface area contributed by atoms with Gasteiger partial charge in [-0.25, -0.2) is 14.2 Å². The number of ether oxygens (including phenoxy) is 2. The fraction of sp³-hybridized carbons (Fsp3) is 0.200. The van der Waals surface area contributed by atoms with E-state index >= 15 is 0 Å². The van der Waals surface area contributed by atoms with Crippen molar-refractivity contribution in [3.05, 3.63) is 58.1 Å². The van der Waals surface area contributed by atoms with Crippen molar-refractivity contribution in [3.8, 4) is 11.9 Å². The number of hydrogen-bond donors (Lipinski definition) is 0. The average molecular weight is 416 g/mol. The zero-order valence-corrected chi connectivity index (χ0v) is 16.3. The van der Waals surface area contributed by atoms with Crippen molar-refractivity contribution in [1.29, 1.82) is 5.26 Å². The van der Waals surface area contributed by atoms with Gasteiger partial charge >= 0.3 is 11.9 Å². The first kappa shape index (κ1) is 20.3. The lowest BCUT2D eigenvalue weighted by Gasteiger charge is -2.11. The van der Waals surface area contributed by atoms with Crippen LogP contribution in [0.25, 0.3) is 10.9 Å². The van der Waals surface area contributed by atoms with Gasteiger partial charge < -0.3 is 14.0 Å². The minimum atomic E-state index is -0.714. The monoisotopic (exact) mass is 415 g/mol. The Morgan fingerprint density at radius 1 is 1.34 bits per heavy atom. The second-order valence-corrected chi connectivity index (χ2v) is 6.39. The van der Waals surface area contributed by atoms with Crippen LogP contribution in [0, 0.1) is 17.1 Å². The molecule has 0 saturated carbocycles. The number of benzene rings is 1. The van der Waals surface area contributed by atoms with E-state index in [9.17, 15) is 19.2 Å². The van der Waals surface area contributed by atoms with E-state index in [4.69, 9.17) is 21.1 Å². The molecule has 1 aromatic carbocycles. The van der Waals surface area contributed by atoms with E-state index < -0.39 is 17.8 Å². The molecule has 0 aliphatic heterocycles. The molecule has 0 fully saturated rings. The quantitative estimate of drug-likeness (QED) is 0.587. The number of nitrogens with zero attached hydrogens (tertiary/aromatic N) is 3. The molecule has 2 heterocycles. The maximum atomic E-state index is 13.6. The van der Waals surface area contributed by atoms with Crippen LogP contribution < -0.4 is 4.74 Å². The molecule has 3 aromatic rings. The number of hydrogen-bond acceptors (Lipinski definition) is 6. The highest BCUT2D eigenvalue weighted by molar-refractivity contribution is 6.37. The Hall–Kier alpha value is -3.44. The van der Waals surface area contributed by atoms with Crippen LogP contribution in [0.4, 0.5) is 4.39 Å². The molecule has 29 heavy (non-hydrogen) atoms. The van der Waals surface area contributed by atoms with Gasteiger partial charge in [-0.1, -0.05) is 23.7 Å². The van der Waals surface area contributed by atoms with Crippen molar-refractivity contribution in [2.24, 2.45) is 0 Å². The second-order valence-electron chi connectivity index (χ2n) is 6.01. The van der Waals surface area contributed by atoms with Gasteiger partial charge in [-0.3, -0.25) is 4.79 Å². The SMILES string of the molecule is CCOC(=O)c1cc2c(Cl)c(OC(C)=O)n(Cc3cccc(F)c3)c2c(C#N)n1. The first-order valence-corrected chi connectivity index (χ1v) is 8.96. The van der Waals surface area contributed by atoms with Gasteiger partial charge in [-0.2, -0.15) is 5.26 Å². The number of fused-ring (bicyclic) bond motifs is 1. The van der Waals surface area contributed by atoms with Crippen LogP contribution in [0.2, 0.25) is 5.02 Å². The first-order chi connectivity index (χ1) is 13.8. The Morgan fingerprint density at radius 3 is 2.72 bits per heavy atom. The lowest BCUT2D eigenvalue weighted by atomic mass is 10.2. The summed E-state index contributed by atoms with van der Waals surface area (Å²) in [7, 11) is 0. The molecule has 0 unspecified atom stereocenters. The molecule has 0 aliphatic carbocycles. The van der Waals surface area contributed by atoms with Crippen molar-refractivity contribution in [2.75, 3.05) is 6.61 Å². The number of carbonyl (C=O) groups is 2. The number of pyridine rings is 1. The fourth-order valence-electron chi connectivity index (χ4n) is 2.91. The molecule has 0 radical (unpaired) electrons. The fourth-order valence-corrected chi connectivity index (χ4v) is 3.19. The predicted molar refractivity (Wildman–Crippen MR) is 102 cm³/mol. The molecule has 9 heteroatoms. The lowest BCUT2D eigenvalue weighted by molar-refractivity contribution is -0.132. The molecule has 0 atom stereocenters. The normalized spacial score (nSPS) is 10.6. The van der Waals surface area contributed by atoms with Gasteiger partial charge in [0.2, 0.25) is 5.88 Å². The summed E-state index contributed by atoms with van der Waals surface area (Å²) in [5.41, 5.74) is 0.591. The van der Waals surface area contributed by atoms with Gasteiger partial charge in [0, 0.05) is 12.3 Å². The third kappa shape index (κ3) is 4.05. The van der Waals surface area contributed by atoms with Crippen LogP contribution >= 0.6 is 11.6 Å². The Labute approximate surface area is 170 Å². The van der Waals surface area contributed by atoms with Crippen molar-refractivity contribution in [2.45, 2.75) is 20.4 Å². The van der Waals surface area contributed by atoms with Crippen LogP contribution in [-0.2, 0) is 16.1 Å². The zero-order valence-electron chi connectivity index (χ0n) is 15.5. The van der Waals surface area contributed by atoms with Gasteiger partial charge in [0.05, 0.1) is 18.7 Å². The van der Waals surface area contributed by atoms with E-state index in [0.29, 0.717) is 5.56 Å². The summed E-state index contributed by atoms with van der Waals surface area (Å²) in [6, 6.07) is 9.11. The van der Waals surface area contributed by atoms with Crippen LogP contribution in [0.5, 0.6) is 5.88 Å². The summed E-state index contributed by atoms with van der Waals surface area (Å²) in [6.07, 6.45) is 0. The molecule has 0 spiro atoms. The molecule has 0 aliphatic rings. The Kier molecular flexibility index (Phi) is 5.80. The van der Waals surface area contributed by atoms with Gasteiger partial charge in [0.1, 0.15) is 16.9 Å². The average Bonchev–Trinajstić information content (AvgIpc) is 2.93. The molecule has 2 aromatic heterocycles. The van der Waals surface area contributed by atoms with Gasteiger partial charge in [-0.05, 0) is 30.7 Å². The van der Waals surface area contributed by atoms with Crippen molar-refractivity contribution in [1.82, 2.24) is 9.55 Å². The van der Waals surface area contributed by atoms with Gasteiger partial charge in [0.15, 0.2) is 11.4 Å². The molecule has 7 nitrogen and oxygen atoms in total. The zero-order chi connectivity index (χ0) is 21.1. The van der Waals surface area contributed by atoms with E-state index in [2.05, 4.69) is 4.98 Å². The molecular formula is C20H15ClFN3O4. The smallest absolute Gasteiger partial charge is 0.356 e. The van der Waals surface area contributed by atoms with Crippen LogP contribution in [0.15, 0.2) is 30.3 Å². The van der Waals surface area contributed by atoms with Crippen molar-refractivity contribution >= 4 is 34.4 Å². The number of rotatable bonds is 5. The van der Waals surface area contributed by atoms with Gasteiger partial charge in [-0.15, -0.1) is 0 Å². The third-order valence-electron chi connectivity index (χ3n) is 3.99. The number of esters is 2. The van der Waals surface area contributed by atoms with Gasteiger partial charge in [0.25, 0.3) is 0 Å². The van der Waals surface area contributed by atoms with Crippen LogP contribution in [-0.4, -0.2) is 28.1 Å². The number of carbonyl (C=O) groups excluding carboxylic acids is 2. The standard InChI is InChI=1S/C20H15ClFN3O4/c1-3-28-20(27)15-8-14-17(21)19(29-11(2)26)25(18(14)16(9-23)24-15)10-12-5-4-6-13(22)7-12/h4-8H,3,10H2,1-2H3. The molecule has 0 saturated heterocycles. The Balaban J connectivity index is 2.28. The highest BCUT2D eigenvalue weighted by Gasteiger charge is 2.25. The third-order valence-corrected chi connectivity index (χ3v) is 4.36. The van der Waals surface area contributed by atoms with E-state index in [1.165, 1.54) is 35.8 Å². The maximum absolute atomic E-state index is 13.6. The van der Waals surface area contributed by atoms with E-state index in [1.807, 2.05) is 6.07 Å². The number of aromatic nitrogens is 2. The second kappa shape index (κ2) is 8.29. The van der Waals surface area contributed by atoms with E-state index in [1.54, 1.807) is 13.0 Å². The van der Waals surface area contributed by atoms with Crippen molar-refractivity contribution in [3.63, 3.8) is 0 Å². The number of nitriles is 1. The Bertz CT molecular complexity index is 1170. The first-order valence-electron chi connectivity index (χ1n) is 8.58. The predicted octanol–water partition coefficient (Wildman–Crippen LogP) is 3.85. The maximum Gasteiger partial charge on any atom is 0.356 e. The molecule has 3 rings (SSSR count). The molecular weight excluding hydrogens is 401 g/mol. The molecule has 0 N–H and O–H groups in total. The summed E-state index contributed by atoms with van der Waals surface area (Å²) in [5, 5.41) is 9.91. The highest BCUT2D eigenvalue weighted by Crippen LogP contribution is 2.39. The minimum Gasteiger partial charge on any atom is -0.461 e. The van der Waals surface area contributed by atoms with E-state index in [0.717, 1.165) is 0 Å². The summed E-state index contributed by atoms with van der Waals surface area (Å²) < 4.78 is 25.3. The topological polar surface area (TPSA) is 94.2 Å². The Morgan fingerprint density at radius 2 is 2.10 bits per heavy atom. The summed E-state index contributed by atoms with van der Waals surface area (Å²) in [5.74, 6) is -1.82. The molecule has 148 valence electrons. The summed E-state index contributed by atoms with van der Waals surface area (Å²) in [4.78, 5) is 27.8. The minimum absolute atomic E-state index is 0.0241. The summed E-state index contributed by atoms with van der Waals surface area (Å²) in [6.45, 7) is 3.03. The van der Waals surface area contributed by atoms with E-state index in [-0.39, 0.29) is 46.3 Å². The number of halogens is 2. The largest absolute Gasteiger partial charge is 0.461 e. The summed E-state index contributed by atoms with van der Waals surface area (Å²) >= 11 is 6.43. The highest BCUT2D eigenvalue weighted by atomic mass is 35.5.